The van der Waals surface area contributed by atoms with E-state index in [1.807, 2.05) is 12.1 Å². The number of aryl methyl sites for hydroxylation is 1. The molecule has 19 heavy (non-hydrogen) atoms. The van der Waals surface area contributed by atoms with Gasteiger partial charge in [-0.15, -0.1) is 0 Å². The number of hydrogen-bond acceptors (Lipinski definition) is 3. The van der Waals surface area contributed by atoms with Gasteiger partial charge in [0.1, 0.15) is 6.07 Å². The zero-order valence-electron chi connectivity index (χ0n) is 12.7. The summed E-state index contributed by atoms with van der Waals surface area (Å²) in [5.41, 5.74) is 1.18. The first-order valence-corrected chi connectivity index (χ1v) is 5.23. The van der Waals surface area contributed by atoms with Crippen molar-refractivity contribution in [2.45, 2.75) is 6.85 Å². The molecule has 0 aliphatic rings. The molecule has 0 aliphatic carbocycles. The van der Waals surface area contributed by atoms with Crippen LogP contribution in [0.5, 0.6) is 0 Å². The molecule has 4 nitrogen and oxygen atoms in total. The molecule has 1 heterocycles. The average Bonchev–Trinajstić information content (AvgIpc) is 2.52. The molecule has 0 unspecified atom stereocenters. The highest BCUT2D eigenvalue weighted by atomic mass is 14.7. The number of aromatic nitrogens is 1. The van der Waals surface area contributed by atoms with Crippen LogP contribution >= 0.6 is 0 Å². The van der Waals surface area contributed by atoms with E-state index in [1.54, 1.807) is 0 Å². The van der Waals surface area contributed by atoms with Crippen LogP contribution in [0, 0.1) is 36.1 Å². The minimum absolute atomic E-state index is 0.0802. The minimum atomic E-state index is -2.26. The number of hydrogen-bond donors (Lipinski definition) is 0. The van der Waals surface area contributed by atoms with E-state index in [9.17, 15) is 5.26 Å². The van der Waals surface area contributed by atoms with E-state index < -0.39 is 6.85 Å². The molecule has 1 aromatic carbocycles. The first-order chi connectivity index (χ1) is 10.4. The van der Waals surface area contributed by atoms with Gasteiger partial charge >= 0.3 is 0 Å². The lowest BCUT2D eigenvalue weighted by atomic mass is 9.98. The number of nitrogens with zero attached hydrogens (tertiary/aromatic N) is 4. The molecule has 2 aromatic rings. The SMILES string of the molecule is [2H]C([2H])([2H])c1ccc(-c2cc([N+]#[C-])cc(C#N)c2C#N)nc1. The normalized spacial score (nSPS) is 12.2. The Morgan fingerprint density at radius 1 is 1.32 bits per heavy atom. The van der Waals surface area contributed by atoms with Gasteiger partial charge in [0.05, 0.1) is 29.5 Å². The summed E-state index contributed by atoms with van der Waals surface area (Å²) in [7, 11) is 0. The van der Waals surface area contributed by atoms with Gasteiger partial charge in [0.2, 0.25) is 0 Å². The van der Waals surface area contributed by atoms with Crippen molar-refractivity contribution in [1.82, 2.24) is 4.98 Å². The van der Waals surface area contributed by atoms with Gasteiger partial charge in [-0.05, 0) is 30.6 Å². The van der Waals surface area contributed by atoms with Crippen molar-refractivity contribution in [3.05, 3.63) is 58.6 Å². The summed E-state index contributed by atoms with van der Waals surface area (Å²) >= 11 is 0. The van der Waals surface area contributed by atoms with Crippen molar-refractivity contribution < 1.29 is 4.11 Å². The molecule has 4 heteroatoms. The summed E-state index contributed by atoms with van der Waals surface area (Å²) in [6, 6.07) is 9.48. The fourth-order valence-corrected chi connectivity index (χ4v) is 1.66. The second-order valence-corrected chi connectivity index (χ2v) is 3.68. The molecule has 0 saturated heterocycles. The van der Waals surface area contributed by atoms with Crippen LogP contribution in [-0.4, -0.2) is 4.98 Å². The summed E-state index contributed by atoms with van der Waals surface area (Å²) in [6.07, 6.45) is 1.21. The molecule has 0 saturated carbocycles. The van der Waals surface area contributed by atoms with E-state index in [4.69, 9.17) is 15.9 Å². The Hall–Kier alpha value is -3.16. The maximum atomic E-state index is 9.24. The van der Waals surface area contributed by atoms with E-state index >= 15 is 0 Å². The van der Waals surface area contributed by atoms with Crippen LogP contribution < -0.4 is 0 Å². The van der Waals surface area contributed by atoms with Crippen molar-refractivity contribution in [3.63, 3.8) is 0 Å². The van der Waals surface area contributed by atoms with E-state index in [1.165, 1.54) is 30.5 Å². The maximum absolute atomic E-state index is 9.24. The molecule has 0 spiro atoms. The Morgan fingerprint density at radius 2 is 2.16 bits per heavy atom. The van der Waals surface area contributed by atoms with Gasteiger partial charge in [0, 0.05) is 15.9 Å². The predicted octanol–water partition coefficient (Wildman–Crippen LogP) is 3.35. The zero-order valence-corrected chi connectivity index (χ0v) is 9.68. The molecule has 0 fully saturated rings. The summed E-state index contributed by atoms with van der Waals surface area (Å²) < 4.78 is 21.9. The second-order valence-electron chi connectivity index (χ2n) is 3.68. The summed E-state index contributed by atoms with van der Waals surface area (Å²) in [5.74, 6) is 0. The van der Waals surface area contributed by atoms with Crippen molar-refractivity contribution in [2.75, 3.05) is 0 Å². The van der Waals surface area contributed by atoms with Crippen LogP contribution in [0.25, 0.3) is 16.1 Å². The van der Waals surface area contributed by atoms with E-state index in [0.717, 1.165) is 0 Å². The summed E-state index contributed by atoms with van der Waals surface area (Å²) in [4.78, 5) is 7.32. The lowest BCUT2D eigenvalue weighted by Crippen LogP contribution is -1.92. The van der Waals surface area contributed by atoms with Crippen molar-refractivity contribution in [2.24, 2.45) is 0 Å². The van der Waals surface area contributed by atoms with Crippen LogP contribution in [0.3, 0.4) is 0 Å². The quantitative estimate of drug-likeness (QED) is 0.726. The Bertz CT molecular complexity index is 847. The maximum Gasteiger partial charge on any atom is 0.189 e. The topological polar surface area (TPSA) is 64.8 Å². The van der Waals surface area contributed by atoms with Crippen LogP contribution in [-0.2, 0) is 0 Å². The third kappa shape index (κ3) is 2.27. The standard InChI is InChI=1S/C15H8N4/c1-10-3-4-15(19-9-10)13-6-12(18-2)5-11(7-16)14(13)8-17/h3-6,9H,1H3/i1D3. The van der Waals surface area contributed by atoms with E-state index in [0.29, 0.717) is 11.3 Å². The molecule has 0 radical (unpaired) electrons. The number of nitriles is 2. The number of rotatable bonds is 1. The monoisotopic (exact) mass is 247 g/mol. The largest absolute Gasteiger partial charge is 0.256 e. The molecule has 0 aliphatic heterocycles. The highest BCUT2D eigenvalue weighted by molar-refractivity contribution is 5.76. The van der Waals surface area contributed by atoms with Gasteiger partial charge in [0.15, 0.2) is 5.69 Å². The summed E-state index contributed by atoms with van der Waals surface area (Å²) in [5, 5.41) is 18.3. The van der Waals surface area contributed by atoms with Gasteiger partial charge in [-0.25, -0.2) is 4.85 Å². The van der Waals surface area contributed by atoms with E-state index in [-0.39, 0.29) is 22.4 Å². The van der Waals surface area contributed by atoms with Gasteiger partial charge < -0.3 is 0 Å². The van der Waals surface area contributed by atoms with Crippen molar-refractivity contribution in [3.8, 4) is 23.4 Å². The minimum Gasteiger partial charge on any atom is -0.256 e. The first-order valence-electron chi connectivity index (χ1n) is 6.73. The fourth-order valence-electron chi connectivity index (χ4n) is 1.66. The molecule has 0 bridgehead atoms. The van der Waals surface area contributed by atoms with Crippen LogP contribution in [0.1, 0.15) is 20.8 Å². The van der Waals surface area contributed by atoms with Crippen LogP contribution in [0.2, 0.25) is 0 Å². The molecule has 2 rings (SSSR count). The third-order valence-electron chi connectivity index (χ3n) is 2.52. The Morgan fingerprint density at radius 3 is 2.68 bits per heavy atom. The molecule has 0 atom stereocenters. The Balaban J connectivity index is 2.65. The molecule has 0 amide bonds. The average molecular weight is 247 g/mol. The fraction of sp³-hybridized carbons (Fsp3) is 0.0667. The van der Waals surface area contributed by atoms with Gasteiger partial charge in [-0.2, -0.15) is 10.5 Å². The Kier molecular flexibility index (Phi) is 2.33. The second kappa shape index (κ2) is 5.00. The van der Waals surface area contributed by atoms with Gasteiger partial charge in [-0.3, -0.25) is 4.98 Å². The molecule has 88 valence electrons. The summed E-state index contributed by atoms with van der Waals surface area (Å²) in [6.45, 7) is 4.79. The molecule has 0 N–H and O–H groups in total. The first kappa shape index (κ1) is 8.86. The predicted molar refractivity (Wildman–Crippen MR) is 70.1 cm³/mol. The third-order valence-corrected chi connectivity index (χ3v) is 2.52. The van der Waals surface area contributed by atoms with Crippen LogP contribution in [0.4, 0.5) is 5.69 Å². The lowest BCUT2D eigenvalue weighted by Gasteiger charge is -2.06. The Labute approximate surface area is 115 Å². The van der Waals surface area contributed by atoms with Crippen molar-refractivity contribution in [1.29, 1.82) is 10.5 Å². The molecular weight excluding hydrogens is 236 g/mol. The number of benzene rings is 1. The van der Waals surface area contributed by atoms with Gasteiger partial charge in [0.25, 0.3) is 0 Å². The molecular formula is C15H8N4. The molecule has 1 aromatic heterocycles. The number of pyridine rings is 1. The van der Waals surface area contributed by atoms with Crippen LogP contribution in [0.15, 0.2) is 30.5 Å². The zero-order chi connectivity index (χ0) is 16.3. The van der Waals surface area contributed by atoms with Gasteiger partial charge in [-0.1, -0.05) is 6.07 Å². The van der Waals surface area contributed by atoms with Crippen molar-refractivity contribution >= 4 is 5.69 Å². The lowest BCUT2D eigenvalue weighted by molar-refractivity contribution is 1.26. The highest BCUT2D eigenvalue weighted by Crippen LogP contribution is 2.29. The smallest absolute Gasteiger partial charge is 0.189 e. The van der Waals surface area contributed by atoms with E-state index in [2.05, 4.69) is 9.83 Å². The highest BCUT2D eigenvalue weighted by Gasteiger charge is 2.13.